The van der Waals surface area contributed by atoms with Crippen molar-refractivity contribution in [2.75, 3.05) is 6.61 Å². The Hall–Kier alpha value is -1.08. The zero-order valence-corrected chi connectivity index (χ0v) is 11.3. The Balaban J connectivity index is 2.75. The van der Waals surface area contributed by atoms with Gasteiger partial charge in [0.05, 0.1) is 0 Å². The van der Waals surface area contributed by atoms with Crippen LogP contribution in [-0.2, 0) is 17.5 Å². The summed E-state index contributed by atoms with van der Waals surface area (Å²) >= 11 is 0.625. The normalized spacial score (nSPS) is 13.3. The van der Waals surface area contributed by atoms with Crippen molar-refractivity contribution in [3.05, 3.63) is 21.9 Å². The van der Waals surface area contributed by atoms with E-state index in [0.717, 1.165) is 6.07 Å². The van der Waals surface area contributed by atoms with Gasteiger partial charge in [-0.25, -0.2) is 0 Å². The predicted octanol–water partition coefficient (Wildman–Crippen LogP) is 2.89. The van der Waals surface area contributed by atoms with Gasteiger partial charge < -0.3 is 10.0 Å². The van der Waals surface area contributed by atoms with E-state index in [9.17, 15) is 18.0 Å². The number of rotatable bonds is 7. The maximum absolute atomic E-state index is 12.5. The monoisotopic (exact) mass is 295 g/mol. The summed E-state index contributed by atoms with van der Waals surface area (Å²) in [5.41, 5.74) is 0.459. The molecule has 1 N–H and O–H groups in total. The molecule has 1 aromatic rings. The fourth-order valence-electron chi connectivity index (χ4n) is 1.82. The molecule has 0 saturated carbocycles. The number of carbonyl (C=O) groups is 1. The quantitative estimate of drug-likeness (QED) is 0.786. The van der Waals surface area contributed by atoms with Crippen molar-refractivity contribution >= 4 is 17.7 Å². The molecule has 0 aromatic carbocycles. The topological polar surface area (TPSA) is 40.5 Å². The Morgan fingerprint density at radius 1 is 1.53 bits per heavy atom. The summed E-state index contributed by atoms with van der Waals surface area (Å²) in [5, 5.41) is 10.3. The van der Waals surface area contributed by atoms with Crippen LogP contribution in [0.4, 0.5) is 13.2 Å². The van der Waals surface area contributed by atoms with E-state index in [0.29, 0.717) is 36.2 Å². The van der Waals surface area contributed by atoms with Crippen LogP contribution in [0.3, 0.4) is 0 Å². The minimum Gasteiger partial charge on any atom is -0.396 e. The number of hydrogen-bond acceptors (Lipinski definition) is 3. The molecule has 0 fully saturated rings. The molecule has 1 atom stereocenters. The van der Waals surface area contributed by atoms with Crippen molar-refractivity contribution in [3.8, 4) is 0 Å². The lowest BCUT2D eigenvalue weighted by atomic mass is 10.1. The summed E-state index contributed by atoms with van der Waals surface area (Å²) in [6, 6.07) is 0.907. The van der Waals surface area contributed by atoms with E-state index >= 15 is 0 Å². The zero-order chi connectivity index (χ0) is 14.5. The number of aliphatic hydroxyl groups excluding tert-OH is 1. The molecule has 0 saturated heterocycles. The first kappa shape index (κ1) is 16.0. The van der Waals surface area contributed by atoms with Crippen LogP contribution < -0.4 is 0 Å². The van der Waals surface area contributed by atoms with Crippen LogP contribution >= 0.6 is 11.3 Å². The molecular formula is C12H16F3NO2S. The molecule has 108 valence electrons. The van der Waals surface area contributed by atoms with Crippen molar-refractivity contribution < 1.29 is 23.1 Å². The van der Waals surface area contributed by atoms with E-state index in [-0.39, 0.29) is 19.2 Å². The highest BCUT2D eigenvalue weighted by Crippen LogP contribution is 2.34. The second-order valence-corrected chi connectivity index (χ2v) is 5.08. The van der Waals surface area contributed by atoms with Gasteiger partial charge in [0, 0.05) is 19.2 Å². The average Bonchev–Trinajstić information content (AvgIpc) is 2.82. The Kier molecular flexibility index (Phi) is 5.81. The fraction of sp³-hybridized carbons (Fsp3) is 0.583. The van der Waals surface area contributed by atoms with Gasteiger partial charge in [0.2, 0.25) is 6.41 Å². The van der Waals surface area contributed by atoms with Gasteiger partial charge in [-0.3, -0.25) is 4.79 Å². The van der Waals surface area contributed by atoms with Gasteiger partial charge in [-0.2, -0.15) is 13.2 Å². The Bertz CT molecular complexity index is 406. The van der Waals surface area contributed by atoms with Crippen molar-refractivity contribution in [2.24, 2.45) is 0 Å². The van der Waals surface area contributed by atoms with Crippen LogP contribution in [0.2, 0.25) is 0 Å². The van der Waals surface area contributed by atoms with Crippen LogP contribution in [0.1, 0.15) is 30.2 Å². The van der Waals surface area contributed by atoms with E-state index in [1.165, 1.54) is 10.3 Å². The first-order valence-electron chi connectivity index (χ1n) is 5.88. The summed E-state index contributed by atoms with van der Waals surface area (Å²) in [6.45, 7) is 1.94. The fourth-order valence-corrected chi connectivity index (χ4v) is 2.60. The summed E-state index contributed by atoms with van der Waals surface area (Å²) in [5.74, 6) is 0. The van der Waals surface area contributed by atoms with Crippen LogP contribution in [0.15, 0.2) is 11.4 Å². The highest BCUT2D eigenvalue weighted by molar-refractivity contribution is 7.10. The molecule has 0 aliphatic heterocycles. The first-order valence-corrected chi connectivity index (χ1v) is 6.76. The summed E-state index contributed by atoms with van der Waals surface area (Å²) in [4.78, 5) is 11.8. The van der Waals surface area contributed by atoms with Gasteiger partial charge in [-0.05, 0) is 29.9 Å². The number of amides is 1. The van der Waals surface area contributed by atoms with E-state index in [1.807, 2.05) is 6.92 Å². The third-order valence-electron chi connectivity index (χ3n) is 2.84. The summed E-state index contributed by atoms with van der Waals surface area (Å²) in [7, 11) is 0. The molecule has 19 heavy (non-hydrogen) atoms. The van der Waals surface area contributed by atoms with E-state index in [1.54, 1.807) is 0 Å². The number of nitrogens with zero attached hydrogens (tertiary/aromatic N) is 1. The van der Waals surface area contributed by atoms with Crippen molar-refractivity contribution in [2.45, 2.75) is 38.5 Å². The smallest absolute Gasteiger partial charge is 0.396 e. The lowest BCUT2D eigenvalue weighted by molar-refractivity contribution is -0.134. The number of aliphatic hydroxyl groups is 1. The molecule has 0 spiro atoms. The lowest BCUT2D eigenvalue weighted by Crippen LogP contribution is -2.33. The predicted molar refractivity (Wildman–Crippen MR) is 66.7 cm³/mol. The number of carbonyl (C=O) groups excluding carboxylic acids is 1. The number of alkyl halides is 3. The molecule has 0 aliphatic carbocycles. The Morgan fingerprint density at radius 2 is 2.21 bits per heavy atom. The third-order valence-corrected chi connectivity index (χ3v) is 3.86. The molecule has 0 bridgehead atoms. The molecule has 1 amide bonds. The standard InChI is InChI=1S/C12H16F3NO2S/c1-2-10(3-4-17)16(8-18)6-9-5-11(19-7-9)12(13,14)15/h5,7-8,10,17H,2-4,6H2,1H3. The van der Waals surface area contributed by atoms with Crippen LogP contribution in [0, 0.1) is 0 Å². The molecule has 7 heteroatoms. The first-order chi connectivity index (χ1) is 8.92. The largest absolute Gasteiger partial charge is 0.425 e. The molecule has 1 unspecified atom stereocenters. The lowest BCUT2D eigenvalue weighted by Gasteiger charge is -2.26. The SMILES string of the molecule is CCC(CCO)N(C=O)Cc1csc(C(F)(F)F)c1. The molecule has 1 aromatic heterocycles. The van der Waals surface area contributed by atoms with Crippen molar-refractivity contribution in [3.63, 3.8) is 0 Å². The molecule has 1 heterocycles. The van der Waals surface area contributed by atoms with Gasteiger partial charge in [0.1, 0.15) is 4.88 Å². The van der Waals surface area contributed by atoms with E-state index in [4.69, 9.17) is 5.11 Å². The van der Waals surface area contributed by atoms with E-state index < -0.39 is 11.1 Å². The minimum atomic E-state index is -4.34. The number of halogens is 3. The number of hydrogen-bond donors (Lipinski definition) is 1. The van der Waals surface area contributed by atoms with Gasteiger partial charge in [0.25, 0.3) is 0 Å². The van der Waals surface area contributed by atoms with Gasteiger partial charge in [-0.1, -0.05) is 6.92 Å². The molecule has 1 rings (SSSR count). The second kappa shape index (κ2) is 6.91. The summed E-state index contributed by atoms with van der Waals surface area (Å²) < 4.78 is 37.4. The van der Waals surface area contributed by atoms with Gasteiger partial charge >= 0.3 is 6.18 Å². The highest BCUT2D eigenvalue weighted by atomic mass is 32.1. The maximum atomic E-state index is 12.5. The molecular weight excluding hydrogens is 279 g/mol. The Labute approximate surface area is 113 Å². The van der Waals surface area contributed by atoms with Gasteiger partial charge in [-0.15, -0.1) is 11.3 Å². The third kappa shape index (κ3) is 4.50. The number of thiophene rings is 1. The highest BCUT2D eigenvalue weighted by Gasteiger charge is 2.32. The van der Waals surface area contributed by atoms with Crippen LogP contribution in [-0.4, -0.2) is 29.1 Å². The molecule has 0 radical (unpaired) electrons. The molecule has 3 nitrogen and oxygen atoms in total. The van der Waals surface area contributed by atoms with Crippen molar-refractivity contribution in [1.29, 1.82) is 0 Å². The maximum Gasteiger partial charge on any atom is 0.425 e. The van der Waals surface area contributed by atoms with E-state index in [2.05, 4.69) is 0 Å². The minimum absolute atomic E-state index is 0.0553. The van der Waals surface area contributed by atoms with Crippen LogP contribution in [0.5, 0.6) is 0 Å². The van der Waals surface area contributed by atoms with Crippen LogP contribution in [0.25, 0.3) is 0 Å². The zero-order valence-electron chi connectivity index (χ0n) is 10.5. The Morgan fingerprint density at radius 3 is 2.63 bits per heavy atom. The van der Waals surface area contributed by atoms with Crippen molar-refractivity contribution in [1.82, 2.24) is 4.90 Å². The summed E-state index contributed by atoms with van der Waals surface area (Å²) in [6.07, 6.45) is -2.65. The van der Waals surface area contributed by atoms with Gasteiger partial charge in [0.15, 0.2) is 0 Å². The molecule has 0 aliphatic rings. The average molecular weight is 295 g/mol. The second-order valence-electron chi connectivity index (χ2n) is 4.17.